The number of carboxylic acid groups (broad SMARTS) is 1. The molecule has 1 aliphatic carbocycles. The van der Waals surface area contributed by atoms with Gasteiger partial charge in [-0.05, 0) is 30.5 Å². The van der Waals surface area contributed by atoms with E-state index in [1.807, 2.05) is 0 Å². The van der Waals surface area contributed by atoms with Crippen LogP contribution in [-0.2, 0) is 10.2 Å². The van der Waals surface area contributed by atoms with Crippen LogP contribution >= 0.6 is 11.6 Å². The minimum absolute atomic E-state index is 0.106. The maximum atomic E-state index is 10.7. The van der Waals surface area contributed by atoms with Crippen LogP contribution in [-0.4, -0.2) is 16.2 Å². The van der Waals surface area contributed by atoms with Gasteiger partial charge in [0.2, 0.25) is 0 Å². The van der Waals surface area contributed by atoms with E-state index in [9.17, 15) is 9.90 Å². The maximum Gasteiger partial charge on any atom is 0.304 e. The summed E-state index contributed by atoms with van der Waals surface area (Å²) in [5.74, 6) is -0.702. The molecule has 2 rings (SSSR count). The molecule has 1 aromatic carbocycles. The van der Waals surface area contributed by atoms with Crippen molar-refractivity contribution < 1.29 is 15.0 Å². The topological polar surface area (TPSA) is 57.5 Å². The highest BCUT2D eigenvalue weighted by Gasteiger charge is 2.47. The van der Waals surface area contributed by atoms with Crippen LogP contribution in [0.5, 0.6) is 5.75 Å². The smallest absolute Gasteiger partial charge is 0.304 e. The summed E-state index contributed by atoms with van der Waals surface area (Å²) < 4.78 is 0. The van der Waals surface area contributed by atoms with Gasteiger partial charge in [-0.1, -0.05) is 17.7 Å². The molecule has 80 valence electrons. The Labute approximate surface area is 92.3 Å². The fourth-order valence-electron chi connectivity index (χ4n) is 1.92. The molecule has 0 saturated heterocycles. The molecule has 1 aromatic rings. The minimum Gasteiger partial charge on any atom is -0.508 e. The van der Waals surface area contributed by atoms with Gasteiger partial charge < -0.3 is 10.2 Å². The van der Waals surface area contributed by atoms with Crippen LogP contribution < -0.4 is 0 Å². The predicted molar refractivity (Wildman–Crippen MR) is 56.3 cm³/mol. The van der Waals surface area contributed by atoms with E-state index in [1.165, 1.54) is 6.07 Å². The number of halogens is 1. The lowest BCUT2D eigenvalue weighted by Gasteiger charge is -2.14. The molecule has 1 saturated carbocycles. The fraction of sp³-hybridized carbons (Fsp3) is 0.364. The average molecular weight is 227 g/mol. The normalized spacial score (nSPS) is 17.4. The van der Waals surface area contributed by atoms with Crippen LogP contribution in [0.25, 0.3) is 0 Å². The summed E-state index contributed by atoms with van der Waals surface area (Å²) in [5, 5.41) is 18.5. The number of hydrogen-bond donors (Lipinski definition) is 2. The standard InChI is InChI=1S/C11H11ClO3/c12-9-5-7(13)1-2-8(9)11(3-4-11)6-10(14)15/h1-2,5,13H,3-4,6H2,(H,14,15). The summed E-state index contributed by atoms with van der Waals surface area (Å²) in [5.41, 5.74) is 0.542. The first-order chi connectivity index (χ1) is 7.03. The van der Waals surface area contributed by atoms with Gasteiger partial charge in [-0.2, -0.15) is 0 Å². The van der Waals surface area contributed by atoms with E-state index < -0.39 is 5.97 Å². The molecule has 4 heteroatoms. The van der Waals surface area contributed by atoms with E-state index >= 15 is 0 Å². The van der Waals surface area contributed by atoms with Crippen molar-refractivity contribution in [2.75, 3.05) is 0 Å². The summed E-state index contributed by atoms with van der Waals surface area (Å²) in [6, 6.07) is 4.72. The van der Waals surface area contributed by atoms with Crippen molar-refractivity contribution in [3.63, 3.8) is 0 Å². The van der Waals surface area contributed by atoms with Gasteiger partial charge in [-0.3, -0.25) is 4.79 Å². The lowest BCUT2D eigenvalue weighted by atomic mass is 9.92. The molecule has 1 aliphatic rings. The first-order valence-corrected chi connectivity index (χ1v) is 5.12. The number of hydrogen-bond acceptors (Lipinski definition) is 2. The van der Waals surface area contributed by atoms with E-state index in [0.29, 0.717) is 5.02 Å². The third-order valence-corrected chi connectivity index (χ3v) is 3.18. The third kappa shape index (κ3) is 1.92. The molecule has 0 heterocycles. The van der Waals surface area contributed by atoms with Crippen LogP contribution in [0.4, 0.5) is 0 Å². The largest absolute Gasteiger partial charge is 0.508 e. The molecule has 3 nitrogen and oxygen atoms in total. The number of carbonyl (C=O) groups is 1. The second kappa shape index (κ2) is 3.42. The zero-order valence-corrected chi connectivity index (χ0v) is 8.79. The molecular formula is C11H11ClO3. The highest BCUT2D eigenvalue weighted by Crippen LogP contribution is 2.53. The summed E-state index contributed by atoms with van der Waals surface area (Å²) in [4.78, 5) is 10.7. The molecule has 0 atom stereocenters. The average Bonchev–Trinajstić information content (AvgIpc) is 2.83. The van der Waals surface area contributed by atoms with Crippen molar-refractivity contribution in [3.8, 4) is 5.75 Å². The molecule has 0 bridgehead atoms. The van der Waals surface area contributed by atoms with Crippen molar-refractivity contribution in [2.24, 2.45) is 0 Å². The van der Waals surface area contributed by atoms with Crippen LogP contribution in [0.15, 0.2) is 18.2 Å². The summed E-state index contributed by atoms with van der Waals surface area (Å²) in [7, 11) is 0. The Morgan fingerprint density at radius 2 is 2.13 bits per heavy atom. The molecule has 0 aromatic heterocycles. The van der Waals surface area contributed by atoms with Crippen molar-refractivity contribution in [1.82, 2.24) is 0 Å². The predicted octanol–water partition coefficient (Wildman–Crippen LogP) is 2.55. The Bertz CT molecular complexity index is 410. The van der Waals surface area contributed by atoms with Gasteiger partial charge in [-0.25, -0.2) is 0 Å². The van der Waals surface area contributed by atoms with Crippen LogP contribution in [0.1, 0.15) is 24.8 Å². The van der Waals surface area contributed by atoms with Crippen molar-refractivity contribution in [2.45, 2.75) is 24.7 Å². The summed E-state index contributed by atoms with van der Waals surface area (Å²) >= 11 is 5.98. The number of phenols is 1. The number of aromatic hydroxyl groups is 1. The third-order valence-electron chi connectivity index (χ3n) is 2.87. The molecule has 0 spiro atoms. The molecule has 0 amide bonds. The van der Waals surface area contributed by atoms with Crippen LogP contribution in [0.3, 0.4) is 0 Å². The lowest BCUT2D eigenvalue weighted by Crippen LogP contribution is -2.13. The molecular weight excluding hydrogens is 216 g/mol. The van der Waals surface area contributed by atoms with Crippen molar-refractivity contribution >= 4 is 17.6 Å². The Kier molecular flexibility index (Phi) is 2.35. The van der Waals surface area contributed by atoms with Gasteiger partial charge in [0.15, 0.2) is 0 Å². The number of rotatable bonds is 3. The van der Waals surface area contributed by atoms with E-state index in [1.54, 1.807) is 12.1 Å². The van der Waals surface area contributed by atoms with Gasteiger partial charge in [0, 0.05) is 10.4 Å². The quantitative estimate of drug-likeness (QED) is 0.833. The number of phenolic OH excluding ortho intramolecular Hbond substituents is 1. The number of benzene rings is 1. The van der Waals surface area contributed by atoms with Crippen LogP contribution in [0.2, 0.25) is 5.02 Å². The highest BCUT2D eigenvalue weighted by molar-refractivity contribution is 6.31. The number of carboxylic acids is 1. The van der Waals surface area contributed by atoms with Gasteiger partial charge in [0.25, 0.3) is 0 Å². The second-order valence-electron chi connectivity index (χ2n) is 4.01. The molecule has 15 heavy (non-hydrogen) atoms. The van der Waals surface area contributed by atoms with E-state index in [4.69, 9.17) is 16.7 Å². The minimum atomic E-state index is -0.809. The van der Waals surface area contributed by atoms with Gasteiger partial charge in [-0.15, -0.1) is 0 Å². The second-order valence-corrected chi connectivity index (χ2v) is 4.42. The van der Waals surface area contributed by atoms with Crippen LogP contribution in [0, 0.1) is 0 Å². The Morgan fingerprint density at radius 3 is 2.60 bits per heavy atom. The highest BCUT2D eigenvalue weighted by atomic mass is 35.5. The Morgan fingerprint density at radius 1 is 1.47 bits per heavy atom. The SMILES string of the molecule is O=C(O)CC1(c2ccc(O)cc2Cl)CC1. The Balaban J connectivity index is 2.33. The monoisotopic (exact) mass is 226 g/mol. The zero-order valence-electron chi connectivity index (χ0n) is 8.03. The van der Waals surface area contributed by atoms with Gasteiger partial charge >= 0.3 is 5.97 Å². The lowest BCUT2D eigenvalue weighted by molar-refractivity contribution is -0.137. The maximum absolute atomic E-state index is 10.7. The van der Waals surface area contributed by atoms with Crippen molar-refractivity contribution in [1.29, 1.82) is 0 Å². The van der Waals surface area contributed by atoms with E-state index in [-0.39, 0.29) is 17.6 Å². The van der Waals surface area contributed by atoms with E-state index in [2.05, 4.69) is 0 Å². The van der Waals surface area contributed by atoms with Gasteiger partial charge in [0.1, 0.15) is 5.75 Å². The summed E-state index contributed by atoms with van der Waals surface area (Å²) in [6.07, 6.45) is 1.81. The molecule has 0 radical (unpaired) electrons. The van der Waals surface area contributed by atoms with Gasteiger partial charge in [0.05, 0.1) is 6.42 Å². The fourth-order valence-corrected chi connectivity index (χ4v) is 2.29. The van der Waals surface area contributed by atoms with Crippen molar-refractivity contribution in [3.05, 3.63) is 28.8 Å². The molecule has 2 N–H and O–H groups in total. The molecule has 1 fully saturated rings. The first kappa shape index (κ1) is 10.3. The Hall–Kier alpha value is -1.22. The first-order valence-electron chi connectivity index (χ1n) is 4.74. The van der Waals surface area contributed by atoms with E-state index in [0.717, 1.165) is 18.4 Å². The summed E-state index contributed by atoms with van der Waals surface area (Å²) in [6.45, 7) is 0. The zero-order chi connectivity index (χ0) is 11.1. The molecule has 0 aliphatic heterocycles. The molecule has 0 unspecified atom stereocenters. The number of aliphatic carboxylic acids is 1.